The molecular formula is C23H26O4S. The highest BCUT2D eigenvalue weighted by Crippen LogP contribution is 2.41. The van der Waals surface area contributed by atoms with Crippen LogP contribution in [-0.2, 0) is 24.5 Å². The van der Waals surface area contributed by atoms with Crippen molar-refractivity contribution in [3.05, 3.63) is 77.9 Å². The Morgan fingerprint density at radius 1 is 1.07 bits per heavy atom. The largest absolute Gasteiger partial charge is 0.296 e. The lowest BCUT2D eigenvalue weighted by Gasteiger charge is -2.38. The van der Waals surface area contributed by atoms with Crippen LogP contribution < -0.4 is 0 Å². The molecule has 2 aromatic rings. The Labute approximate surface area is 167 Å². The molecule has 0 unspecified atom stereocenters. The zero-order valence-corrected chi connectivity index (χ0v) is 17.1. The molecule has 2 atom stereocenters. The lowest BCUT2D eigenvalue weighted by Crippen LogP contribution is -2.35. The van der Waals surface area contributed by atoms with E-state index in [-0.39, 0.29) is 28.6 Å². The normalized spacial score (nSPS) is 22.4. The Balaban J connectivity index is 1.63. The second kappa shape index (κ2) is 8.41. The van der Waals surface area contributed by atoms with Crippen LogP contribution in [0.5, 0.6) is 0 Å². The summed E-state index contributed by atoms with van der Waals surface area (Å²) in [5, 5.41) is 0. The predicted molar refractivity (Wildman–Crippen MR) is 110 cm³/mol. The molecule has 0 heterocycles. The maximum Gasteiger partial charge on any atom is 0.296 e. The van der Waals surface area contributed by atoms with Gasteiger partial charge in [-0.15, -0.1) is 0 Å². The molecule has 2 aromatic carbocycles. The first kappa shape index (κ1) is 20.5. The smallest absolute Gasteiger partial charge is 0.295 e. The first-order valence-electron chi connectivity index (χ1n) is 9.55. The van der Waals surface area contributed by atoms with Crippen molar-refractivity contribution in [1.82, 2.24) is 0 Å². The topological polar surface area (TPSA) is 60.4 Å². The van der Waals surface area contributed by atoms with E-state index in [0.29, 0.717) is 19.3 Å². The number of benzene rings is 2. The summed E-state index contributed by atoms with van der Waals surface area (Å²) in [5.74, 6) is 0.227. The molecule has 0 fully saturated rings. The summed E-state index contributed by atoms with van der Waals surface area (Å²) in [4.78, 5) is 12.2. The minimum atomic E-state index is -3.75. The number of ketones is 1. The van der Waals surface area contributed by atoms with E-state index < -0.39 is 10.1 Å². The highest BCUT2D eigenvalue weighted by molar-refractivity contribution is 7.86. The Bertz CT molecular complexity index is 946. The monoisotopic (exact) mass is 398 g/mol. The summed E-state index contributed by atoms with van der Waals surface area (Å²) < 4.78 is 29.8. The van der Waals surface area contributed by atoms with Gasteiger partial charge in [-0.25, -0.2) is 0 Å². The molecule has 1 aliphatic rings. The molecule has 0 aromatic heterocycles. The van der Waals surface area contributed by atoms with Crippen molar-refractivity contribution in [2.75, 3.05) is 6.61 Å². The van der Waals surface area contributed by atoms with E-state index in [2.05, 4.69) is 19.1 Å². The van der Waals surface area contributed by atoms with Gasteiger partial charge < -0.3 is 0 Å². The van der Waals surface area contributed by atoms with Gasteiger partial charge in [0.05, 0.1) is 11.5 Å². The van der Waals surface area contributed by atoms with E-state index >= 15 is 0 Å². The number of aryl methyl sites for hydroxylation is 1. The molecule has 0 aliphatic heterocycles. The first-order chi connectivity index (χ1) is 13.3. The van der Waals surface area contributed by atoms with Crippen molar-refractivity contribution in [3.63, 3.8) is 0 Å². The van der Waals surface area contributed by atoms with Crippen LogP contribution in [0.15, 0.2) is 71.6 Å². The number of allylic oxidation sites excluding steroid dienone is 2. The zero-order valence-electron chi connectivity index (χ0n) is 16.3. The Morgan fingerprint density at radius 3 is 2.43 bits per heavy atom. The predicted octanol–water partition coefficient (Wildman–Crippen LogP) is 4.58. The maximum atomic E-state index is 12.3. The Morgan fingerprint density at radius 2 is 1.75 bits per heavy atom. The van der Waals surface area contributed by atoms with Crippen molar-refractivity contribution in [2.45, 2.75) is 43.4 Å². The van der Waals surface area contributed by atoms with Crippen LogP contribution >= 0.6 is 0 Å². The van der Waals surface area contributed by atoms with E-state index in [1.807, 2.05) is 31.2 Å². The molecule has 148 valence electrons. The molecular weight excluding hydrogens is 372 g/mol. The highest BCUT2D eigenvalue weighted by Gasteiger charge is 2.37. The lowest BCUT2D eigenvalue weighted by molar-refractivity contribution is -0.116. The SMILES string of the molecule is Cc1ccc(S(=O)(=O)OCCC[C@@H]2CC(=O)C=C[C@@]2(C)c2ccccc2)cc1. The first-order valence-corrected chi connectivity index (χ1v) is 11.0. The average Bonchev–Trinajstić information content (AvgIpc) is 2.69. The van der Waals surface area contributed by atoms with Crippen molar-refractivity contribution < 1.29 is 17.4 Å². The van der Waals surface area contributed by atoms with E-state index in [1.165, 1.54) is 0 Å². The average molecular weight is 399 g/mol. The van der Waals surface area contributed by atoms with E-state index in [1.54, 1.807) is 30.3 Å². The Hall–Kier alpha value is -2.24. The molecule has 0 saturated carbocycles. The van der Waals surface area contributed by atoms with Gasteiger partial charge in [0.25, 0.3) is 10.1 Å². The van der Waals surface area contributed by atoms with Crippen molar-refractivity contribution in [2.24, 2.45) is 5.92 Å². The second-order valence-corrected chi connectivity index (χ2v) is 9.20. The molecule has 0 radical (unpaired) electrons. The number of hydrogen-bond acceptors (Lipinski definition) is 4. The minimum absolute atomic E-state index is 0.107. The summed E-state index contributed by atoms with van der Waals surface area (Å²) in [6.45, 7) is 4.15. The standard InChI is InChI=1S/C23H26O4S/c1-18-10-12-22(13-11-18)28(25,26)27-16-6-9-20-17-21(24)14-15-23(20,2)19-7-4-3-5-8-19/h3-5,7-8,10-15,20H,6,9,16-17H2,1-2H3/t20-,23+/m1/s1. The van der Waals surface area contributed by atoms with Crippen molar-refractivity contribution >= 4 is 15.9 Å². The quantitative estimate of drug-likeness (QED) is 0.506. The second-order valence-electron chi connectivity index (χ2n) is 7.58. The third kappa shape index (κ3) is 4.59. The molecule has 0 spiro atoms. The van der Waals surface area contributed by atoms with Crippen molar-refractivity contribution in [1.29, 1.82) is 0 Å². The molecule has 5 heteroatoms. The molecule has 0 bridgehead atoms. The van der Waals surface area contributed by atoms with Gasteiger partial charge in [-0.2, -0.15) is 8.42 Å². The van der Waals surface area contributed by atoms with Gasteiger partial charge >= 0.3 is 0 Å². The van der Waals surface area contributed by atoms with Gasteiger partial charge in [-0.3, -0.25) is 8.98 Å². The molecule has 0 N–H and O–H groups in total. The number of carbonyl (C=O) groups is 1. The molecule has 28 heavy (non-hydrogen) atoms. The molecule has 1 aliphatic carbocycles. The summed E-state index contributed by atoms with van der Waals surface area (Å²) >= 11 is 0. The van der Waals surface area contributed by atoms with Crippen LogP contribution in [0, 0.1) is 12.8 Å². The molecule has 4 nitrogen and oxygen atoms in total. The summed E-state index contributed by atoms with van der Waals surface area (Å²) in [6.07, 6.45) is 5.40. The summed E-state index contributed by atoms with van der Waals surface area (Å²) in [6, 6.07) is 16.7. The highest BCUT2D eigenvalue weighted by atomic mass is 32.2. The summed E-state index contributed by atoms with van der Waals surface area (Å²) in [7, 11) is -3.75. The maximum absolute atomic E-state index is 12.3. The summed E-state index contributed by atoms with van der Waals surface area (Å²) in [5.41, 5.74) is 1.91. The van der Waals surface area contributed by atoms with E-state index in [4.69, 9.17) is 4.18 Å². The third-order valence-electron chi connectivity index (χ3n) is 5.55. The molecule has 0 saturated heterocycles. The van der Waals surface area contributed by atoms with Crippen LogP contribution in [0.3, 0.4) is 0 Å². The van der Waals surface area contributed by atoms with Crippen LogP contribution in [-0.4, -0.2) is 20.8 Å². The lowest BCUT2D eigenvalue weighted by atomic mass is 9.65. The number of hydrogen-bond donors (Lipinski definition) is 0. The minimum Gasteiger partial charge on any atom is -0.295 e. The van der Waals surface area contributed by atoms with Crippen LogP contribution in [0.25, 0.3) is 0 Å². The van der Waals surface area contributed by atoms with Crippen LogP contribution in [0.2, 0.25) is 0 Å². The number of carbonyl (C=O) groups excluding carboxylic acids is 1. The zero-order chi connectivity index (χ0) is 20.2. The van der Waals surface area contributed by atoms with Crippen LogP contribution in [0.4, 0.5) is 0 Å². The van der Waals surface area contributed by atoms with Gasteiger partial charge in [0, 0.05) is 11.8 Å². The van der Waals surface area contributed by atoms with Crippen molar-refractivity contribution in [3.8, 4) is 0 Å². The van der Waals surface area contributed by atoms with E-state index in [9.17, 15) is 13.2 Å². The van der Waals surface area contributed by atoms with Gasteiger partial charge in [0.15, 0.2) is 5.78 Å². The fourth-order valence-electron chi connectivity index (χ4n) is 3.73. The van der Waals surface area contributed by atoms with Crippen LogP contribution in [0.1, 0.15) is 37.3 Å². The van der Waals surface area contributed by atoms with Gasteiger partial charge in [0.1, 0.15) is 0 Å². The van der Waals surface area contributed by atoms with Gasteiger partial charge in [0.2, 0.25) is 0 Å². The number of rotatable bonds is 7. The Kier molecular flexibility index (Phi) is 6.16. The van der Waals surface area contributed by atoms with E-state index in [0.717, 1.165) is 11.1 Å². The fraction of sp³-hybridized carbons (Fsp3) is 0.348. The molecule has 3 rings (SSSR count). The molecule has 0 amide bonds. The van der Waals surface area contributed by atoms with Gasteiger partial charge in [-0.05, 0) is 49.5 Å². The van der Waals surface area contributed by atoms with Gasteiger partial charge in [-0.1, -0.05) is 61.0 Å². The third-order valence-corrected chi connectivity index (χ3v) is 6.88. The fourth-order valence-corrected chi connectivity index (χ4v) is 4.67.